The van der Waals surface area contributed by atoms with E-state index in [2.05, 4.69) is 5.32 Å². The van der Waals surface area contributed by atoms with Crippen LogP contribution in [0, 0.1) is 5.82 Å². The summed E-state index contributed by atoms with van der Waals surface area (Å²) < 4.78 is 39.1. The number of rotatable bonds is 8. The van der Waals surface area contributed by atoms with E-state index in [0.29, 0.717) is 6.42 Å². The smallest absolute Gasteiger partial charge is 0.244 e. The Hall–Kier alpha value is -2.41. The van der Waals surface area contributed by atoms with Crippen LogP contribution in [0.2, 0.25) is 0 Å². The molecule has 0 unspecified atom stereocenters. The minimum absolute atomic E-state index is 0.220. The second-order valence-corrected chi connectivity index (χ2v) is 8.20. The molecule has 0 aromatic heterocycles. The van der Waals surface area contributed by atoms with E-state index in [4.69, 9.17) is 0 Å². The molecule has 27 heavy (non-hydrogen) atoms. The number of amides is 1. The van der Waals surface area contributed by atoms with Crippen LogP contribution in [0.5, 0.6) is 0 Å². The molecule has 1 amide bonds. The summed E-state index contributed by atoms with van der Waals surface area (Å²) in [7, 11) is -3.74. The summed E-state index contributed by atoms with van der Waals surface area (Å²) in [5.74, 6) is -0.859. The Labute approximate surface area is 160 Å². The first-order valence-electron chi connectivity index (χ1n) is 8.88. The van der Waals surface area contributed by atoms with Crippen molar-refractivity contribution in [3.63, 3.8) is 0 Å². The number of hydrogen-bond acceptors (Lipinski definition) is 3. The molecule has 0 saturated heterocycles. The van der Waals surface area contributed by atoms with Gasteiger partial charge in [-0.1, -0.05) is 44.2 Å². The van der Waals surface area contributed by atoms with Crippen LogP contribution in [0.3, 0.4) is 0 Å². The lowest BCUT2D eigenvalue weighted by molar-refractivity contribution is -0.123. The molecule has 7 heteroatoms. The highest BCUT2D eigenvalue weighted by atomic mass is 32.2. The van der Waals surface area contributed by atoms with Gasteiger partial charge in [0, 0.05) is 0 Å². The van der Waals surface area contributed by atoms with E-state index in [1.807, 2.05) is 37.3 Å². The van der Waals surface area contributed by atoms with Crippen LogP contribution < -0.4 is 9.62 Å². The topological polar surface area (TPSA) is 66.5 Å². The van der Waals surface area contributed by atoms with E-state index >= 15 is 0 Å². The van der Waals surface area contributed by atoms with Crippen LogP contribution >= 0.6 is 0 Å². The highest BCUT2D eigenvalue weighted by Crippen LogP contribution is 2.24. The van der Waals surface area contributed by atoms with Gasteiger partial charge in [-0.2, -0.15) is 0 Å². The van der Waals surface area contributed by atoms with Crippen LogP contribution in [0.4, 0.5) is 10.1 Å². The molecule has 0 heterocycles. The van der Waals surface area contributed by atoms with Crippen molar-refractivity contribution in [3.8, 4) is 0 Å². The maximum Gasteiger partial charge on any atom is 0.244 e. The third-order valence-electron chi connectivity index (χ3n) is 4.34. The summed E-state index contributed by atoms with van der Waals surface area (Å²) in [5.41, 5.74) is 1.21. The molecule has 0 saturated carbocycles. The summed E-state index contributed by atoms with van der Waals surface area (Å²) in [6.45, 7) is 3.70. The zero-order valence-electron chi connectivity index (χ0n) is 15.7. The van der Waals surface area contributed by atoms with Crippen molar-refractivity contribution < 1.29 is 17.6 Å². The van der Waals surface area contributed by atoms with Crippen molar-refractivity contribution in [1.82, 2.24) is 5.32 Å². The molecule has 0 aliphatic heterocycles. The molecule has 2 aromatic carbocycles. The van der Waals surface area contributed by atoms with Crippen LogP contribution in [0.1, 0.15) is 38.3 Å². The first-order chi connectivity index (χ1) is 12.8. The van der Waals surface area contributed by atoms with Crippen LogP contribution in [0.25, 0.3) is 0 Å². The number of halogens is 1. The van der Waals surface area contributed by atoms with Gasteiger partial charge in [0.05, 0.1) is 18.0 Å². The predicted octanol–water partition coefficient (Wildman–Crippen LogP) is 3.64. The lowest BCUT2D eigenvalue weighted by atomic mass is 10.0. The van der Waals surface area contributed by atoms with E-state index < -0.39 is 21.9 Å². The molecule has 1 N–H and O–H groups in total. The van der Waals surface area contributed by atoms with Crippen molar-refractivity contribution in [1.29, 1.82) is 0 Å². The maximum atomic E-state index is 13.2. The van der Waals surface area contributed by atoms with Crippen molar-refractivity contribution >= 4 is 21.6 Å². The molecule has 2 aromatic rings. The zero-order valence-corrected chi connectivity index (χ0v) is 16.5. The second kappa shape index (κ2) is 8.99. The molecule has 146 valence electrons. The zero-order chi connectivity index (χ0) is 20.0. The third kappa shape index (κ3) is 5.29. The molecule has 2 atom stereocenters. The monoisotopic (exact) mass is 392 g/mol. The average molecular weight is 392 g/mol. The van der Waals surface area contributed by atoms with Crippen molar-refractivity contribution in [3.05, 3.63) is 66.0 Å². The van der Waals surface area contributed by atoms with E-state index in [1.165, 1.54) is 24.3 Å². The standard InChI is InChI=1S/C20H25FN2O3S/c1-4-18(15-9-7-6-8-10-15)22-20(24)19(5-2)23(27(3,25)26)17-13-11-16(21)12-14-17/h6-14,18-19H,4-5H2,1-3H3,(H,22,24)/t18-,19+/m0/s1. The molecule has 0 spiro atoms. The third-order valence-corrected chi connectivity index (χ3v) is 5.52. The summed E-state index contributed by atoms with van der Waals surface area (Å²) in [4.78, 5) is 13.0. The van der Waals surface area contributed by atoms with Gasteiger partial charge in [-0.3, -0.25) is 9.10 Å². The largest absolute Gasteiger partial charge is 0.347 e. The Morgan fingerprint density at radius 3 is 2.11 bits per heavy atom. The van der Waals surface area contributed by atoms with Gasteiger partial charge < -0.3 is 5.32 Å². The molecule has 2 rings (SSSR count). The lowest BCUT2D eigenvalue weighted by Gasteiger charge is -2.31. The number of benzene rings is 2. The minimum atomic E-state index is -3.74. The number of nitrogens with zero attached hydrogens (tertiary/aromatic N) is 1. The highest BCUT2D eigenvalue weighted by Gasteiger charge is 2.32. The number of sulfonamides is 1. The van der Waals surface area contributed by atoms with Crippen LogP contribution in [-0.4, -0.2) is 26.6 Å². The van der Waals surface area contributed by atoms with Crippen LogP contribution in [0.15, 0.2) is 54.6 Å². The molecule has 0 radical (unpaired) electrons. The SMILES string of the molecule is CC[C@H](NC(=O)[C@@H](CC)N(c1ccc(F)cc1)S(C)(=O)=O)c1ccccc1. The normalized spacial score (nSPS) is 13.6. The van der Waals surface area contributed by atoms with Crippen molar-refractivity contribution in [2.75, 3.05) is 10.6 Å². The number of anilines is 1. The average Bonchev–Trinajstić information content (AvgIpc) is 2.64. The first-order valence-corrected chi connectivity index (χ1v) is 10.7. The molecular formula is C20H25FN2O3S. The van der Waals surface area contributed by atoms with Crippen molar-refractivity contribution in [2.45, 2.75) is 38.8 Å². The Morgan fingerprint density at radius 2 is 1.63 bits per heavy atom. The quantitative estimate of drug-likeness (QED) is 0.746. The fraction of sp³-hybridized carbons (Fsp3) is 0.350. The van der Waals surface area contributed by atoms with E-state index in [1.54, 1.807) is 6.92 Å². The highest BCUT2D eigenvalue weighted by molar-refractivity contribution is 7.92. The number of hydrogen-bond donors (Lipinski definition) is 1. The van der Waals surface area contributed by atoms with Gasteiger partial charge >= 0.3 is 0 Å². The molecular weight excluding hydrogens is 367 g/mol. The summed E-state index contributed by atoms with van der Waals surface area (Å²) in [6.07, 6.45) is 1.99. The Balaban J connectivity index is 2.32. The summed E-state index contributed by atoms with van der Waals surface area (Å²) in [5, 5.41) is 2.95. The molecule has 0 fully saturated rings. The maximum absolute atomic E-state index is 13.2. The first kappa shape index (κ1) is 20.9. The fourth-order valence-corrected chi connectivity index (χ4v) is 4.23. The van der Waals surface area contributed by atoms with Gasteiger partial charge in [0.1, 0.15) is 11.9 Å². The van der Waals surface area contributed by atoms with E-state index in [0.717, 1.165) is 16.1 Å². The van der Waals surface area contributed by atoms with E-state index in [-0.39, 0.29) is 24.1 Å². The Kier molecular flexibility index (Phi) is 6.96. The van der Waals surface area contributed by atoms with Gasteiger partial charge in [-0.25, -0.2) is 12.8 Å². The summed E-state index contributed by atoms with van der Waals surface area (Å²) >= 11 is 0. The van der Waals surface area contributed by atoms with Gasteiger partial charge in [0.25, 0.3) is 0 Å². The fourth-order valence-electron chi connectivity index (χ4n) is 3.02. The predicted molar refractivity (Wildman–Crippen MR) is 105 cm³/mol. The van der Waals surface area contributed by atoms with Crippen molar-refractivity contribution in [2.24, 2.45) is 0 Å². The Morgan fingerprint density at radius 1 is 1.04 bits per heavy atom. The second-order valence-electron chi connectivity index (χ2n) is 6.34. The van der Waals surface area contributed by atoms with Gasteiger partial charge in [0.2, 0.25) is 15.9 Å². The van der Waals surface area contributed by atoms with Gasteiger partial charge in [-0.15, -0.1) is 0 Å². The molecule has 0 aliphatic rings. The molecule has 5 nitrogen and oxygen atoms in total. The summed E-state index contributed by atoms with van der Waals surface area (Å²) in [6, 6.07) is 13.5. The minimum Gasteiger partial charge on any atom is -0.347 e. The lowest BCUT2D eigenvalue weighted by Crippen LogP contribution is -2.50. The van der Waals surface area contributed by atoms with Gasteiger partial charge in [-0.05, 0) is 42.7 Å². The van der Waals surface area contributed by atoms with Gasteiger partial charge in [0.15, 0.2) is 0 Å². The molecule has 0 aliphatic carbocycles. The Bertz CT molecular complexity index is 855. The van der Waals surface area contributed by atoms with Crippen LogP contribution in [-0.2, 0) is 14.8 Å². The number of nitrogens with one attached hydrogen (secondary N) is 1. The molecule has 0 bridgehead atoms. The van der Waals surface area contributed by atoms with E-state index in [9.17, 15) is 17.6 Å². The number of carbonyl (C=O) groups is 1. The number of carbonyl (C=O) groups excluding carboxylic acids is 1.